The van der Waals surface area contributed by atoms with Crippen LogP contribution in [0.25, 0.3) is 11.1 Å². The lowest BCUT2D eigenvalue weighted by atomic mass is 10.0. The summed E-state index contributed by atoms with van der Waals surface area (Å²) < 4.78 is 0. The van der Waals surface area contributed by atoms with E-state index in [4.69, 9.17) is 16.7 Å². The maximum absolute atomic E-state index is 12.3. The molecule has 0 unspecified atom stereocenters. The molecule has 3 aromatic rings. The van der Waals surface area contributed by atoms with Crippen molar-refractivity contribution in [3.05, 3.63) is 94.5 Å². The highest BCUT2D eigenvalue weighted by molar-refractivity contribution is 6.30. The van der Waals surface area contributed by atoms with E-state index >= 15 is 0 Å². The lowest BCUT2D eigenvalue weighted by Gasteiger charge is -2.07. The van der Waals surface area contributed by atoms with E-state index in [1.807, 2.05) is 36.4 Å². The number of carbonyl (C=O) groups excluding carboxylic acids is 1. The van der Waals surface area contributed by atoms with Crippen LogP contribution in [-0.2, 0) is 6.42 Å². The maximum atomic E-state index is 12.3. The van der Waals surface area contributed by atoms with Gasteiger partial charge >= 0.3 is 5.97 Å². The summed E-state index contributed by atoms with van der Waals surface area (Å²) >= 11 is 5.90. The van der Waals surface area contributed by atoms with E-state index < -0.39 is 5.97 Å². The van der Waals surface area contributed by atoms with Gasteiger partial charge in [0.05, 0.1) is 5.56 Å². The third-order valence-corrected chi connectivity index (χ3v) is 4.48. The summed E-state index contributed by atoms with van der Waals surface area (Å²) in [5.74, 6) is -1.09. The zero-order chi connectivity index (χ0) is 19.2. The molecular formula is C22H18ClNO3. The van der Waals surface area contributed by atoms with Crippen LogP contribution in [0.4, 0.5) is 0 Å². The van der Waals surface area contributed by atoms with E-state index in [1.165, 1.54) is 0 Å². The summed E-state index contributed by atoms with van der Waals surface area (Å²) in [5, 5.41) is 12.5. The molecule has 3 rings (SSSR count). The molecular weight excluding hydrogens is 362 g/mol. The van der Waals surface area contributed by atoms with Gasteiger partial charge < -0.3 is 10.4 Å². The minimum absolute atomic E-state index is 0.139. The summed E-state index contributed by atoms with van der Waals surface area (Å²) in [5.41, 5.74) is 3.87. The van der Waals surface area contributed by atoms with Crippen molar-refractivity contribution >= 4 is 23.5 Å². The quantitative estimate of drug-likeness (QED) is 0.653. The molecule has 0 aliphatic heterocycles. The standard InChI is InChI=1S/C22H18ClNO3/c23-20-11-9-17(10-12-20)16-5-7-18(8-6-16)21(25)24-14-13-15-1-3-19(4-2-15)22(26)27/h1-12H,13-14H2,(H,24,25)(H,26,27). The lowest BCUT2D eigenvalue weighted by Crippen LogP contribution is -2.25. The third kappa shape index (κ3) is 4.96. The Labute approximate surface area is 162 Å². The molecule has 2 N–H and O–H groups in total. The van der Waals surface area contributed by atoms with Gasteiger partial charge in [0.25, 0.3) is 5.91 Å². The number of carboxylic acid groups (broad SMARTS) is 1. The van der Waals surface area contributed by atoms with E-state index in [1.54, 1.807) is 36.4 Å². The number of hydrogen-bond acceptors (Lipinski definition) is 2. The highest BCUT2D eigenvalue weighted by atomic mass is 35.5. The van der Waals surface area contributed by atoms with Gasteiger partial charge in [-0.2, -0.15) is 0 Å². The van der Waals surface area contributed by atoms with Crippen LogP contribution in [0.5, 0.6) is 0 Å². The van der Waals surface area contributed by atoms with Crippen molar-refractivity contribution in [2.75, 3.05) is 6.54 Å². The van der Waals surface area contributed by atoms with Gasteiger partial charge in [-0.3, -0.25) is 4.79 Å². The van der Waals surface area contributed by atoms with Crippen LogP contribution in [0.15, 0.2) is 72.8 Å². The van der Waals surface area contributed by atoms with Crippen molar-refractivity contribution in [3.8, 4) is 11.1 Å². The van der Waals surface area contributed by atoms with Gasteiger partial charge in [0, 0.05) is 17.1 Å². The molecule has 0 aliphatic rings. The zero-order valence-electron chi connectivity index (χ0n) is 14.5. The third-order valence-electron chi connectivity index (χ3n) is 4.22. The van der Waals surface area contributed by atoms with Gasteiger partial charge in [-0.05, 0) is 59.5 Å². The largest absolute Gasteiger partial charge is 0.478 e. The van der Waals surface area contributed by atoms with Crippen molar-refractivity contribution in [1.82, 2.24) is 5.32 Å². The Hall–Kier alpha value is -3.11. The van der Waals surface area contributed by atoms with Crippen LogP contribution in [0.1, 0.15) is 26.3 Å². The molecule has 0 radical (unpaired) electrons. The second kappa shape index (κ2) is 8.52. The fourth-order valence-electron chi connectivity index (χ4n) is 2.69. The molecule has 0 saturated carbocycles. The molecule has 136 valence electrons. The van der Waals surface area contributed by atoms with Crippen molar-refractivity contribution in [1.29, 1.82) is 0 Å². The first-order valence-corrected chi connectivity index (χ1v) is 8.87. The van der Waals surface area contributed by atoms with Crippen LogP contribution in [0, 0.1) is 0 Å². The number of carbonyl (C=O) groups is 2. The summed E-state index contributed by atoms with van der Waals surface area (Å²) in [6.07, 6.45) is 0.633. The molecule has 0 atom stereocenters. The van der Waals surface area contributed by atoms with Gasteiger partial charge in [0.1, 0.15) is 0 Å². The lowest BCUT2D eigenvalue weighted by molar-refractivity contribution is 0.0696. The summed E-state index contributed by atoms with van der Waals surface area (Å²) in [7, 11) is 0. The minimum atomic E-state index is -0.947. The number of hydrogen-bond donors (Lipinski definition) is 2. The Balaban J connectivity index is 1.55. The summed E-state index contributed by atoms with van der Waals surface area (Å²) in [6, 6.07) is 21.6. The molecule has 0 bridgehead atoms. The number of carboxylic acids is 1. The molecule has 0 aromatic heterocycles. The SMILES string of the molecule is O=C(O)c1ccc(CCNC(=O)c2ccc(-c3ccc(Cl)cc3)cc2)cc1. The average Bonchev–Trinajstić information content (AvgIpc) is 2.69. The molecule has 0 fully saturated rings. The van der Waals surface area contributed by atoms with E-state index in [2.05, 4.69) is 5.32 Å². The predicted molar refractivity (Wildman–Crippen MR) is 106 cm³/mol. The van der Waals surface area contributed by atoms with E-state index in [9.17, 15) is 9.59 Å². The van der Waals surface area contributed by atoms with Crippen molar-refractivity contribution < 1.29 is 14.7 Å². The number of amides is 1. The smallest absolute Gasteiger partial charge is 0.335 e. The fraction of sp³-hybridized carbons (Fsp3) is 0.0909. The van der Waals surface area contributed by atoms with Crippen LogP contribution in [0.2, 0.25) is 5.02 Å². The monoisotopic (exact) mass is 379 g/mol. The van der Waals surface area contributed by atoms with E-state index in [-0.39, 0.29) is 11.5 Å². The molecule has 0 spiro atoms. The molecule has 0 saturated heterocycles. The highest BCUT2D eigenvalue weighted by Crippen LogP contribution is 2.21. The van der Waals surface area contributed by atoms with E-state index in [0.29, 0.717) is 23.6 Å². The predicted octanol–water partition coefficient (Wildman–Crippen LogP) is 4.68. The molecule has 5 heteroatoms. The van der Waals surface area contributed by atoms with Crippen LogP contribution >= 0.6 is 11.6 Å². The maximum Gasteiger partial charge on any atom is 0.335 e. The first-order chi connectivity index (χ1) is 13.0. The zero-order valence-corrected chi connectivity index (χ0v) is 15.2. The molecule has 0 heterocycles. The Morgan fingerprint density at radius 1 is 0.778 bits per heavy atom. The molecule has 27 heavy (non-hydrogen) atoms. The van der Waals surface area contributed by atoms with Crippen LogP contribution < -0.4 is 5.32 Å². The van der Waals surface area contributed by atoms with Crippen molar-refractivity contribution in [2.24, 2.45) is 0 Å². The number of halogens is 1. The van der Waals surface area contributed by atoms with Crippen molar-refractivity contribution in [2.45, 2.75) is 6.42 Å². The first-order valence-electron chi connectivity index (χ1n) is 8.49. The Morgan fingerprint density at radius 3 is 1.85 bits per heavy atom. The Bertz CT molecular complexity index is 933. The number of rotatable bonds is 6. The Kier molecular flexibility index (Phi) is 5.89. The highest BCUT2D eigenvalue weighted by Gasteiger charge is 2.06. The van der Waals surface area contributed by atoms with Crippen LogP contribution in [0.3, 0.4) is 0 Å². The summed E-state index contributed by atoms with van der Waals surface area (Å²) in [4.78, 5) is 23.1. The Morgan fingerprint density at radius 2 is 1.30 bits per heavy atom. The summed E-state index contributed by atoms with van der Waals surface area (Å²) in [6.45, 7) is 0.476. The second-order valence-electron chi connectivity index (χ2n) is 6.09. The van der Waals surface area contributed by atoms with Gasteiger partial charge in [0.2, 0.25) is 0 Å². The number of aromatic carboxylic acids is 1. The molecule has 1 amide bonds. The van der Waals surface area contributed by atoms with Gasteiger partial charge in [0.15, 0.2) is 0 Å². The number of benzene rings is 3. The molecule has 3 aromatic carbocycles. The fourth-order valence-corrected chi connectivity index (χ4v) is 2.82. The van der Waals surface area contributed by atoms with Gasteiger partial charge in [-0.25, -0.2) is 4.79 Å². The normalized spacial score (nSPS) is 10.4. The van der Waals surface area contributed by atoms with E-state index in [0.717, 1.165) is 16.7 Å². The van der Waals surface area contributed by atoms with Crippen LogP contribution in [-0.4, -0.2) is 23.5 Å². The molecule has 0 aliphatic carbocycles. The average molecular weight is 380 g/mol. The molecule has 4 nitrogen and oxygen atoms in total. The topological polar surface area (TPSA) is 66.4 Å². The van der Waals surface area contributed by atoms with Gasteiger partial charge in [-0.15, -0.1) is 0 Å². The van der Waals surface area contributed by atoms with Crippen molar-refractivity contribution in [3.63, 3.8) is 0 Å². The number of nitrogens with one attached hydrogen (secondary N) is 1. The minimum Gasteiger partial charge on any atom is -0.478 e. The van der Waals surface area contributed by atoms with Gasteiger partial charge in [-0.1, -0.05) is 48.0 Å². The first kappa shape index (κ1) is 18.7. The second-order valence-corrected chi connectivity index (χ2v) is 6.53.